The van der Waals surface area contributed by atoms with Crippen LogP contribution in [0, 0.1) is 0 Å². The minimum Gasteiger partial charge on any atom is -0.277 e. The molecule has 0 radical (unpaired) electrons. The minimum absolute atomic E-state index is 0.580. The minimum atomic E-state index is 0.580. The highest BCUT2D eigenvalue weighted by Gasteiger charge is 2.27. The average molecular weight is 1210 g/mol. The number of aromatic nitrogens is 8. The molecule has 8 aromatic heterocycles. The number of thiophene rings is 2. The van der Waals surface area contributed by atoms with Crippen LogP contribution in [-0.2, 0) is 0 Å². The van der Waals surface area contributed by atoms with Gasteiger partial charge in [0.2, 0.25) is 11.9 Å². The van der Waals surface area contributed by atoms with E-state index in [0.29, 0.717) is 23.2 Å². The van der Waals surface area contributed by atoms with Crippen molar-refractivity contribution in [2.45, 2.75) is 0 Å². The van der Waals surface area contributed by atoms with E-state index in [1.165, 1.54) is 78.2 Å². The lowest BCUT2D eigenvalue weighted by Gasteiger charge is -2.13. The van der Waals surface area contributed by atoms with Crippen LogP contribution in [-0.4, -0.2) is 39.0 Å². The van der Waals surface area contributed by atoms with Crippen LogP contribution in [0.15, 0.2) is 279 Å². The average Bonchev–Trinajstić information content (AvgIpc) is 1.55. The third-order valence-corrected chi connectivity index (χ3v) is 21.1. The van der Waals surface area contributed by atoms with Gasteiger partial charge in [0.25, 0.3) is 0 Å². The zero-order valence-electron chi connectivity index (χ0n) is 49.0. The summed E-state index contributed by atoms with van der Waals surface area (Å²) in [5, 5.41) is 16.2. The summed E-state index contributed by atoms with van der Waals surface area (Å²) in [6.45, 7) is 0. The van der Waals surface area contributed by atoms with Gasteiger partial charge in [-0.15, -0.1) is 22.7 Å². The van der Waals surface area contributed by atoms with Gasteiger partial charge < -0.3 is 0 Å². The van der Waals surface area contributed by atoms with Crippen LogP contribution >= 0.6 is 22.7 Å². The Hall–Kier alpha value is -11.8. The molecule has 0 aliphatic heterocycles. The Kier molecular flexibility index (Phi) is 11.0. The molecule has 20 aromatic rings. The summed E-state index contributed by atoms with van der Waals surface area (Å²) in [4.78, 5) is 31.6. The molecule has 426 valence electrons. The Morgan fingerprint density at radius 1 is 0.250 bits per heavy atom. The van der Waals surface area contributed by atoms with Crippen LogP contribution in [0.5, 0.6) is 0 Å². The second kappa shape index (κ2) is 19.8. The van der Waals surface area contributed by atoms with Crippen molar-refractivity contribution in [2.24, 2.45) is 0 Å². The molecule has 0 N–H and O–H groups in total. The number of fused-ring (bicyclic) bond motifs is 22. The highest BCUT2D eigenvalue weighted by molar-refractivity contribution is 7.27. The molecule has 0 bridgehead atoms. The molecule has 10 heteroatoms. The largest absolute Gasteiger partial charge is 0.277 e. The first-order chi connectivity index (χ1) is 45.6. The van der Waals surface area contributed by atoms with E-state index in [2.05, 4.69) is 264 Å². The van der Waals surface area contributed by atoms with E-state index in [-0.39, 0.29) is 0 Å². The van der Waals surface area contributed by atoms with Crippen LogP contribution < -0.4 is 0 Å². The second-order valence-electron chi connectivity index (χ2n) is 23.7. The molecule has 20 rings (SSSR count). The first kappa shape index (κ1) is 51.1. The van der Waals surface area contributed by atoms with Crippen LogP contribution in [0.2, 0.25) is 0 Å². The summed E-state index contributed by atoms with van der Waals surface area (Å²) < 4.78 is 9.53. The van der Waals surface area contributed by atoms with E-state index in [1.54, 1.807) is 0 Å². The van der Waals surface area contributed by atoms with Crippen molar-refractivity contribution in [3.63, 3.8) is 0 Å². The second-order valence-corrected chi connectivity index (χ2v) is 25.8. The molecular formula is C82H46N8S2. The van der Waals surface area contributed by atoms with Crippen molar-refractivity contribution in [2.75, 3.05) is 0 Å². The summed E-state index contributed by atoms with van der Waals surface area (Å²) >= 11 is 3.70. The molecule has 0 unspecified atom stereocenters. The Labute approximate surface area is 532 Å². The third kappa shape index (κ3) is 7.56. The zero-order valence-corrected chi connectivity index (χ0v) is 50.6. The Morgan fingerprint density at radius 3 is 1.24 bits per heavy atom. The molecule has 0 saturated carbocycles. The predicted molar refractivity (Wildman–Crippen MR) is 385 cm³/mol. The van der Waals surface area contributed by atoms with E-state index in [4.69, 9.17) is 29.9 Å². The number of nitrogens with zero attached hydrogens (tertiary/aromatic N) is 8. The standard InChI is InChI=1S/C82H46N8S2/c1-2-17-47(18-3-1)48-37-39-51(40-38-48)73-63-28-15-43-83-79(63)87-81(85-73)90-66-31-12-9-26-60(66)70-56-22-5-7-24-58(56)78-72(76(70)90)62-42-41-53(46-68(62)92-78)50-35-33-49(34-36-50)52-19-14-20-54(45-52)74-64-29-16-44-84-80(64)88-82(86-74)89-65-30-11-8-25-59(65)69-55-21-4-6-23-57(55)77-71(75(69)89)61-27-10-13-32-67(61)91-77/h1-46H. The first-order valence-corrected chi connectivity index (χ1v) is 32.5. The van der Waals surface area contributed by atoms with Crippen molar-refractivity contribution < 1.29 is 0 Å². The van der Waals surface area contributed by atoms with Gasteiger partial charge in [0.05, 0.1) is 33.5 Å². The van der Waals surface area contributed by atoms with Gasteiger partial charge in [-0.25, -0.2) is 19.9 Å². The fraction of sp³-hybridized carbons (Fsp3) is 0. The Balaban J connectivity index is 0.707. The van der Waals surface area contributed by atoms with Gasteiger partial charge in [-0.1, -0.05) is 212 Å². The summed E-state index contributed by atoms with van der Waals surface area (Å²) in [7, 11) is 0. The number of hydrogen-bond acceptors (Lipinski definition) is 8. The van der Waals surface area contributed by atoms with E-state index in [1.807, 2.05) is 47.2 Å². The lowest BCUT2D eigenvalue weighted by atomic mass is 9.97. The molecule has 0 spiro atoms. The number of pyridine rings is 2. The fourth-order valence-corrected chi connectivity index (χ4v) is 17.1. The summed E-state index contributed by atoms with van der Waals surface area (Å²) in [6.07, 6.45) is 3.65. The Morgan fingerprint density at radius 2 is 0.652 bits per heavy atom. The Bertz CT molecular complexity index is 6500. The quantitative estimate of drug-likeness (QED) is 0.158. The maximum absolute atomic E-state index is 5.60. The molecule has 0 saturated heterocycles. The van der Waals surface area contributed by atoms with E-state index < -0.39 is 0 Å². The highest BCUT2D eigenvalue weighted by Crippen LogP contribution is 2.51. The van der Waals surface area contributed by atoms with Crippen LogP contribution in [0.1, 0.15) is 0 Å². The SMILES string of the molecule is c1ccc(-c2ccc(-c3nc(-n4c5ccccc5c5c6ccccc6c6sc7cc(-c8ccc(-c9cccc(-c%10nc(-n%11c%12ccccc%12c%12c%13ccccc%13c%13sc%14ccccc%14c%13c%12%11)nc%11ncccc%10%11)c9)cc8)ccc7c6c54)nc4ncccc34)cc2)cc1. The topological polar surface area (TPSA) is 87.2 Å². The van der Waals surface area contributed by atoms with Crippen LogP contribution in [0.25, 0.3) is 195 Å². The third-order valence-electron chi connectivity index (χ3n) is 18.7. The zero-order chi connectivity index (χ0) is 60.1. The van der Waals surface area contributed by atoms with Crippen LogP contribution in [0.4, 0.5) is 0 Å². The normalized spacial score (nSPS) is 12.1. The smallest absolute Gasteiger partial charge is 0.237 e. The maximum Gasteiger partial charge on any atom is 0.237 e. The van der Waals surface area contributed by atoms with Crippen molar-refractivity contribution in [3.8, 4) is 67.8 Å². The summed E-state index contributed by atoms with van der Waals surface area (Å²) in [6, 6.07) is 95.8. The molecule has 12 aromatic carbocycles. The van der Waals surface area contributed by atoms with Gasteiger partial charge in [0.1, 0.15) is 0 Å². The number of benzene rings is 12. The monoisotopic (exact) mass is 1210 g/mol. The van der Waals surface area contributed by atoms with Crippen molar-refractivity contribution in [1.82, 2.24) is 39.0 Å². The van der Waals surface area contributed by atoms with E-state index in [9.17, 15) is 0 Å². The molecule has 8 heterocycles. The molecule has 92 heavy (non-hydrogen) atoms. The van der Waals surface area contributed by atoms with Crippen LogP contribution in [0.3, 0.4) is 0 Å². The van der Waals surface area contributed by atoms with Gasteiger partial charge in [-0.3, -0.25) is 9.13 Å². The van der Waals surface area contributed by atoms with Crippen molar-refractivity contribution in [3.05, 3.63) is 279 Å². The van der Waals surface area contributed by atoms with Gasteiger partial charge in [0.15, 0.2) is 11.3 Å². The molecule has 0 atom stereocenters. The fourth-order valence-electron chi connectivity index (χ4n) is 14.6. The van der Waals surface area contributed by atoms with E-state index in [0.717, 1.165) is 93.9 Å². The molecule has 0 aliphatic carbocycles. The maximum atomic E-state index is 5.60. The number of para-hydroxylation sites is 2. The lowest BCUT2D eigenvalue weighted by Crippen LogP contribution is -2.04. The number of hydrogen-bond donors (Lipinski definition) is 0. The highest BCUT2D eigenvalue weighted by atomic mass is 32.1. The molecular weight excluding hydrogens is 1160 g/mol. The van der Waals surface area contributed by atoms with Gasteiger partial charge >= 0.3 is 0 Å². The van der Waals surface area contributed by atoms with Crippen molar-refractivity contribution >= 4 is 150 Å². The van der Waals surface area contributed by atoms with Gasteiger partial charge in [0, 0.05) is 107 Å². The summed E-state index contributed by atoms with van der Waals surface area (Å²) in [5.41, 5.74) is 16.0. The van der Waals surface area contributed by atoms with E-state index >= 15 is 0 Å². The first-order valence-electron chi connectivity index (χ1n) is 30.8. The number of rotatable bonds is 7. The predicted octanol–water partition coefficient (Wildman–Crippen LogP) is 21.9. The lowest BCUT2D eigenvalue weighted by molar-refractivity contribution is 1.01. The molecule has 0 amide bonds. The van der Waals surface area contributed by atoms with Crippen molar-refractivity contribution in [1.29, 1.82) is 0 Å². The molecule has 8 nitrogen and oxygen atoms in total. The van der Waals surface area contributed by atoms with Gasteiger partial charge in [-0.2, -0.15) is 9.97 Å². The van der Waals surface area contributed by atoms with Gasteiger partial charge in [-0.05, 0) is 98.8 Å². The summed E-state index contributed by atoms with van der Waals surface area (Å²) in [5.74, 6) is 1.17. The molecule has 0 aliphatic rings. The molecule has 0 fully saturated rings.